The SMILES string of the molecule is C[C@@H](Nc1nc(Cl)nc2c1CN(C(=O)N1CCNC(=O)C1)C2)c1cccc(C(F)(F)F)c1. The van der Waals surface area contributed by atoms with E-state index in [2.05, 4.69) is 20.6 Å². The Bertz CT molecular complexity index is 1060. The zero-order valence-corrected chi connectivity index (χ0v) is 17.8. The lowest BCUT2D eigenvalue weighted by molar-refractivity contribution is -0.137. The van der Waals surface area contributed by atoms with E-state index in [1.807, 2.05) is 0 Å². The van der Waals surface area contributed by atoms with Gasteiger partial charge in [-0.15, -0.1) is 0 Å². The molecule has 0 radical (unpaired) electrons. The van der Waals surface area contributed by atoms with Crippen molar-refractivity contribution in [2.45, 2.75) is 32.2 Å². The fourth-order valence-corrected chi connectivity index (χ4v) is 3.94. The second-order valence-electron chi connectivity index (χ2n) is 7.67. The van der Waals surface area contributed by atoms with E-state index in [9.17, 15) is 22.8 Å². The number of nitrogens with zero attached hydrogens (tertiary/aromatic N) is 4. The van der Waals surface area contributed by atoms with Crippen LogP contribution in [0.1, 0.15) is 35.3 Å². The fourth-order valence-electron chi connectivity index (χ4n) is 3.75. The normalized spacial score (nSPS) is 17.1. The van der Waals surface area contributed by atoms with Gasteiger partial charge in [0.2, 0.25) is 11.2 Å². The number of alkyl halides is 3. The van der Waals surface area contributed by atoms with Gasteiger partial charge in [0.25, 0.3) is 0 Å². The van der Waals surface area contributed by atoms with E-state index in [-0.39, 0.29) is 36.9 Å². The van der Waals surface area contributed by atoms with E-state index >= 15 is 0 Å². The van der Waals surface area contributed by atoms with Gasteiger partial charge in [0.05, 0.1) is 24.3 Å². The van der Waals surface area contributed by atoms with Gasteiger partial charge in [0, 0.05) is 24.7 Å². The van der Waals surface area contributed by atoms with Crippen molar-refractivity contribution in [1.29, 1.82) is 0 Å². The number of aromatic nitrogens is 2. The van der Waals surface area contributed by atoms with E-state index in [1.54, 1.807) is 13.0 Å². The number of amides is 3. The Morgan fingerprint density at radius 3 is 2.72 bits per heavy atom. The number of fused-ring (bicyclic) bond motifs is 1. The standard InChI is InChI=1S/C20H20ClF3N6O2/c1-11(12-3-2-4-13(7-12)20(22,23)24)26-17-14-8-30(9-15(14)27-18(21)28-17)19(32)29-6-5-25-16(31)10-29/h2-4,7,11H,5-6,8-10H2,1H3,(H,25,31)(H,26,27,28)/t11-/m1/s1. The third-order valence-electron chi connectivity index (χ3n) is 5.40. The molecule has 3 amide bonds. The van der Waals surface area contributed by atoms with E-state index in [4.69, 9.17) is 11.6 Å². The molecule has 32 heavy (non-hydrogen) atoms. The highest BCUT2D eigenvalue weighted by Gasteiger charge is 2.33. The molecule has 2 aromatic rings. The highest BCUT2D eigenvalue weighted by atomic mass is 35.5. The number of benzene rings is 1. The van der Waals surface area contributed by atoms with Crippen molar-refractivity contribution in [3.63, 3.8) is 0 Å². The number of urea groups is 1. The van der Waals surface area contributed by atoms with Gasteiger partial charge in [-0.1, -0.05) is 12.1 Å². The van der Waals surface area contributed by atoms with Crippen molar-refractivity contribution in [2.75, 3.05) is 25.0 Å². The van der Waals surface area contributed by atoms with Crippen LogP contribution in [0.2, 0.25) is 5.28 Å². The van der Waals surface area contributed by atoms with Gasteiger partial charge in [-0.2, -0.15) is 13.2 Å². The predicted molar refractivity (Wildman–Crippen MR) is 110 cm³/mol. The predicted octanol–water partition coefficient (Wildman–Crippen LogP) is 3.19. The first-order valence-electron chi connectivity index (χ1n) is 9.91. The quantitative estimate of drug-likeness (QED) is 0.675. The molecule has 2 aliphatic heterocycles. The molecule has 0 bridgehead atoms. The molecule has 0 spiro atoms. The lowest BCUT2D eigenvalue weighted by Gasteiger charge is -2.30. The summed E-state index contributed by atoms with van der Waals surface area (Å²) in [5.41, 5.74) is 0.882. The van der Waals surface area contributed by atoms with Crippen molar-refractivity contribution >= 4 is 29.4 Å². The summed E-state index contributed by atoms with van der Waals surface area (Å²) in [5, 5.41) is 5.74. The zero-order chi connectivity index (χ0) is 23.0. The van der Waals surface area contributed by atoms with Crippen LogP contribution in [0, 0.1) is 0 Å². The van der Waals surface area contributed by atoms with Crippen LogP contribution >= 0.6 is 11.6 Å². The second kappa shape index (κ2) is 8.45. The molecular formula is C20H20ClF3N6O2. The first-order chi connectivity index (χ1) is 15.1. The zero-order valence-electron chi connectivity index (χ0n) is 17.0. The number of hydrogen-bond donors (Lipinski definition) is 2. The minimum Gasteiger partial charge on any atom is -0.363 e. The lowest BCUT2D eigenvalue weighted by Crippen LogP contribution is -2.53. The van der Waals surface area contributed by atoms with E-state index in [0.29, 0.717) is 35.7 Å². The molecule has 12 heteroatoms. The van der Waals surface area contributed by atoms with Gasteiger partial charge < -0.3 is 20.4 Å². The summed E-state index contributed by atoms with van der Waals surface area (Å²) in [4.78, 5) is 35.9. The van der Waals surface area contributed by atoms with Crippen molar-refractivity contribution < 1.29 is 22.8 Å². The number of anilines is 1. The summed E-state index contributed by atoms with van der Waals surface area (Å²) in [5.74, 6) is 0.137. The Balaban J connectivity index is 1.53. The van der Waals surface area contributed by atoms with E-state index in [1.165, 1.54) is 15.9 Å². The van der Waals surface area contributed by atoms with E-state index < -0.39 is 17.8 Å². The highest BCUT2D eigenvalue weighted by Crippen LogP contribution is 2.33. The monoisotopic (exact) mass is 468 g/mol. The Morgan fingerprint density at radius 1 is 1.22 bits per heavy atom. The van der Waals surface area contributed by atoms with Gasteiger partial charge in [-0.05, 0) is 36.2 Å². The number of piperazine rings is 1. The summed E-state index contributed by atoms with van der Waals surface area (Å²) < 4.78 is 39.2. The van der Waals surface area contributed by atoms with Gasteiger partial charge in [-0.25, -0.2) is 14.8 Å². The molecule has 1 aromatic heterocycles. The smallest absolute Gasteiger partial charge is 0.363 e. The van der Waals surface area contributed by atoms with Crippen LogP contribution < -0.4 is 10.6 Å². The third kappa shape index (κ3) is 4.57. The van der Waals surface area contributed by atoms with Crippen LogP contribution in [0.5, 0.6) is 0 Å². The molecule has 1 atom stereocenters. The molecule has 4 rings (SSSR count). The maximum Gasteiger partial charge on any atom is 0.416 e. The molecule has 0 aliphatic carbocycles. The van der Waals surface area contributed by atoms with Crippen molar-refractivity contribution in [2.24, 2.45) is 0 Å². The number of carbonyl (C=O) groups excluding carboxylic acids is 2. The Labute approximate surface area is 186 Å². The van der Waals surface area contributed by atoms with Crippen LogP contribution in [0.4, 0.5) is 23.8 Å². The van der Waals surface area contributed by atoms with Crippen molar-refractivity contribution in [3.8, 4) is 0 Å². The van der Waals surface area contributed by atoms with Crippen molar-refractivity contribution in [3.05, 3.63) is 51.9 Å². The number of rotatable bonds is 3. The Kier molecular flexibility index (Phi) is 5.85. The Hall–Kier alpha value is -3.08. The minimum atomic E-state index is -4.44. The van der Waals surface area contributed by atoms with Gasteiger partial charge in [0.15, 0.2) is 0 Å². The van der Waals surface area contributed by atoms with Gasteiger partial charge >= 0.3 is 12.2 Å². The van der Waals surface area contributed by atoms with Gasteiger partial charge in [-0.3, -0.25) is 4.79 Å². The second-order valence-corrected chi connectivity index (χ2v) is 8.00. The summed E-state index contributed by atoms with van der Waals surface area (Å²) in [6, 6.07) is 4.22. The maximum atomic E-state index is 13.1. The molecule has 1 aromatic carbocycles. The van der Waals surface area contributed by atoms with Crippen LogP contribution in [0.25, 0.3) is 0 Å². The number of nitrogens with one attached hydrogen (secondary N) is 2. The van der Waals surface area contributed by atoms with Crippen LogP contribution in [-0.2, 0) is 24.1 Å². The molecule has 1 saturated heterocycles. The number of hydrogen-bond acceptors (Lipinski definition) is 5. The molecule has 0 unspecified atom stereocenters. The third-order valence-corrected chi connectivity index (χ3v) is 5.57. The van der Waals surface area contributed by atoms with Crippen LogP contribution in [0.15, 0.2) is 24.3 Å². The summed E-state index contributed by atoms with van der Waals surface area (Å²) in [7, 11) is 0. The molecule has 170 valence electrons. The largest absolute Gasteiger partial charge is 0.416 e. The van der Waals surface area contributed by atoms with Crippen LogP contribution in [-0.4, -0.2) is 51.3 Å². The molecule has 2 aliphatic rings. The lowest BCUT2D eigenvalue weighted by atomic mass is 10.0. The number of carbonyl (C=O) groups is 2. The molecule has 1 fully saturated rings. The minimum absolute atomic E-state index is 0.0181. The molecule has 8 nitrogen and oxygen atoms in total. The van der Waals surface area contributed by atoms with Crippen molar-refractivity contribution in [1.82, 2.24) is 25.1 Å². The first-order valence-corrected chi connectivity index (χ1v) is 10.3. The first kappa shape index (κ1) is 22.1. The maximum absolute atomic E-state index is 13.1. The topological polar surface area (TPSA) is 90.5 Å². The summed E-state index contributed by atoms with van der Waals surface area (Å²) in [6.07, 6.45) is -4.44. The Morgan fingerprint density at radius 2 is 2.00 bits per heavy atom. The van der Waals surface area contributed by atoms with E-state index in [0.717, 1.165) is 12.1 Å². The molecule has 0 saturated carbocycles. The summed E-state index contributed by atoms with van der Waals surface area (Å²) >= 11 is 6.06. The fraction of sp³-hybridized carbons (Fsp3) is 0.400. The van der Waals surface area contributed by atoms with Gasteiger partial charge in [0.1, 0.15) is 12.4 Å². The molecule has 3 heterocycles. The average molecular weight is 469 g/mol. The molecule has 2 N–H and O–H groups in total. The highest BCUT2D eigenvalue weighted by molar-refractivity contribution is 6.28. The molecular weight excluding hydrogens is 449 g/mol. The number of halogens is 4. The summed E-state index contributed by atoms with van der Waals surface area (Å²) in [6.45, 7) is 2.88. The van der Waals surface area contributed by atoms with Crippen LogP contribution in [0.3, 0.4) is 0 Å². The average Bonchev–Trinajstić information content (AvgIpc) is 3.17.